The lowest BCUT2D eigenvalue weighted by molar-refractivity contribution is 0.233. The number of hydrogen-bond donors (Lipinski definition) is 2. The van der Waals surface area contributed by atoms with E-state index in [1.165, 1.54) is 0 Å². The second-order valence-electron chi connectivity index (χ2n) is 6.32. The standard InChI is InChI=1S/C21H15N5O/c27-26-21-24-19-18-15(11-16(22-19)13-7-3-1-4-8-13)12-17(23-20(18)25-21)14-9-5-2-6-10-14/h1-12,18,27H,(H,22,23,24,25,26). The Morgan fingerprint density at radius 1 is 0.704 bits per heavy atom. The van der Waals surface area contributed by atoms with Crippen LogP contribution >= 0.6 is 0 Å². The van der Waals surface area contributed by atoms with Crippen molar-refractivity contribution >= 4 is 29.0 Å². The minimum Gasteiger partial charge on any atom is -0.288 e. The number of dihydropyridines is 1. The minimum absolute atomic E-state index is 0.0896. The van der Waals surface area contributed by atoms with E-state index in [1.807, 2.05) is 66.1 Å². The van der Waals surface area contributed by atoms with Gasteiger partial charge < -0.3 is 0 Å². The molecule has 6 nitrogen and oxygen atoms in total. The number of guanidine groups is 1. The molecule has 3 heterocycles. The molecule has 3 aliphatic heterocycles. The fourth-order valence-corrected chi connectivity index (χ4v) is 3.36. The smallest absolute Gasteiger partial charge is 0.250 e. The van der Waals surface area contributed by atoms with E-state index in [-0.39, 0.29) is 11.9 Å². The van der Waals surface area contributed by atoms with Crippen LogP contribution in [0.5, 0.6) is 0 Å². The summed E-state index contributed by atoms with van der Waals surface area (Å²) in [6.45, 7) is 0. The molecule has 0 saturated carbocycles. The molecule has 3 aliphatic rings. The fourth-order valence-electron chi connectivity index (χ4n) is 3.36. The monoisotopic (exact) mass is 353 g/mol. The third-order valence-electron chi connectivity index (χ3n) is 4.61. The Balaban J connectivity index is 1.69. The second-order valence-corrected chi connectivity index (χ2v) is 6.32. The lowest BCUT2D eigenvalue weighted by atomic mass is 9.87. The van der Waals surface area contributed by atoms with E-state index in [1.54, 1.807) is 0 Å². The number of benzene rings is 2. The average molecular weight is 353 g/mol. The summed E-state index contributed by atoms with van der Waals surface area (Å²) >= 11 is 0. The van der Waals surface area contributed by atoms with Crippen molar-refractivity contribution in [2.75, 3.05) is 0 Å². The van der Waals surface area contributed by atoms with Gasteiger partial charge in [0.05, 0.1) is 11.4 Å². The van der Waals surface area contributed by atoms with E-state index in [9.17, 15) is 5.21 Å². The Kier molecular flexibility index (Phi) is 3.62. The van der Waals surface area contributed by atoms with Crippen LogP contribution in [-0.4, -0.2) is 28.5 Å². The maximum Gasteiger partial charge on any atom is 0.250 e. The number of amidine groups is 2. The number of hydroxylamine groups is 1. The van der Waals surface area contributed by atoms with E-state index in [0.29, 0.717) is 11.7 Å². The van der Waals surface area contributed by atoms with Gasteiger partial charge in [-0.25, -0.2) is 15.5 Å². The summed E-state index contributed by atoms with van der Waals surface area (Å²) in [6.07, 6.45) is 4.12. The van der Waals surface area contributed by atoms with Crippen molar-refractivity contribution < 1.29 is 5.21 Å². The minimum atomic E-state index is -0.220. The number of allylic oxidation sites excluding steroid dienone is 2. The molecule has 0 bridgehead atoms. The van der Waals surface area contributed by atoms with Crippen molar-refractivity contribution in [2.45, 2.75) is 0 Å². The zero-order valence-electron chi connectivity index (χ0n) is 14.2. The molecule has 0 spiro atoms. The normalized spacial score (nSPS) is 20.3. The van der Waals surface area contributed by atoms with E-state index in [0.717, 1.165) is 28.1 Å². The maximum absolute atomic E-state index is 9.32. The molecular weight excluding hydrogens is 338 g/mol. The Hall–Kier alpha value is -3.64. The van der Waals surface area contributed by atoms with Gasteiger partial charge in [-0.1, -0.05) is 60.7 Å². The highest BCUT2D eigenvalue weighted by Gasteiger charge is 2.35. The predicted octanol–water partition coefficient (Wildman–Crippen LogP) is 3.23. The van der Waals surface area contributed by atoms with Gasteiger partial charge in [0.2, 0.25) is 0 Å². The van der Waals surface area contributed by atoms with Crippen molar-refractivity contribution in [3.8, 4) is 0 Å². The Labute approximate surface area is 155 Å². The van der Waals surface area contributed by atoms with Crippen LogP contribution in [0.3, 0.4) is 0 Å². The van der Waals surface area contributed by atoms with Crippen LogP contribution in [0.4, 0.5) is 0 Å². The Morgan fingerprint density at radius 2 is 1.37 bits per heavy atom. The quantitative estimate of drug-likeness (QED) is 0.813. The highest BCUT2D eigenvalue weighted by Crippen LogP contribution is 2.34. The van der Waals surface area contributed by atoms with Gasteiger partial charge in [0, 0.05) is 11.1 Å². The number of nitrogens with zero attached hydrogens (tertiary/aromatic N) is 4. The molecule has 0 amide bonds. The van der Waals surface area contributed by atoms with E-state index in [2.05, 4.69) is 22.1 Å². The van der Waals surface area contributed by atoms with Crippen molar-refractivity contribution in [3.05, 3.63) is 89.5 Å². The van der Waals surface area contributed by atoms with Crippen LogP contribution in [0.25, 0.3) is 5.70 Å². The molecule has 5 rings (SSSR count). The summed E-state index contributed by atoms with van der Waals surface area (Å²) in [6, 6.07) is 19.9. The fraction of sp³-hybridized carbons (Fsp3) is 0.0476. The summed E-state index contributed by atoms with van der Waals surface area (Å²) in [5.41, 5.74) is 6.72. The van der Waals surface area contributed by atoms with Crippen LogP contribution in [0, 0.1) is 5.92 Å². The highest BCUT2D eigenvalue weighted by atomic mass is 16.5. The van der Waals surface area contributed by atoms with Crippen molar-refractivity contribution in [2.24, 2.45) is 25.9 Å². The topological polar surface area (TPSA) is 81.7 Å². The average Bonchev–Trinajstić information content (AvgIpc) is 2.74. The van der Waals surface area contributed by atoms with E-state index in [4.69, 9.17) is 9.98 Å². The van der Waals surface area contributed by atoms with Crippen LogP contribution in [-0.2, 0) is 0 Å². The Bertz CT molecular complexity index is 1050. The van der Waals surface area contributed by atoms with Crippen LogP contribution in [0.15, 0.2) is 98.4 Å². The van der Waals surface area contributed by atoms with Gasteiger partial charge in [-0.2, -0.15) is 9.98 Å². The second kappa shape index (κ2) is 6.26. The molecule has 6 heteroatoms. The molecule has 0 saturated heterocycles. The first-order chi connectivity index (χ1) is 13.3. The zero-order valence-corrected chi connectivity index (χ0v) is 14.2. The summed E-state index contributed by atoms with van der Waals surface area (Å²) in [4.78, 5) is 18.1. The molecule has 130 valence electrons. The Morgan fingerprint density at radius 3 is 2.07 bits per heavy atom. The van der Waals surface area contributed by atoms with Gasteiger partial charge in [0.25, 0.3) is 5.96 Å². The summed E-state index contributed by atoms with van der Waals surface area (Å²) < 4.78 is 0. The van der Waals surface area contributed by atoms with E-state index < -0.39 is 0 Å². The first kappa shape index (κ1) is 15.6. The summed E-state index contributed by atoms with van der Waals surface area (Å²) in [5, 5.41) is 9.32. The van der Waals surface area contributed by atoms with Gasteiger partial charge in [0.15, 0.2) is 0 Å². The third-order valence-corrected chi connectivity index (χ3v) is 4.61. The van der Waals surface area contributed by atoms with Crippen LogP contribution in [0.2, 0.25) is 0 Å². The largest absolute Gasteiger partial charge is 0.288 e. The molecule has 0 aromatic heterocycles. The zero-order chi connectivity index (χ0) is 18.2. The van der Waals surface area contributed by atoms with Gasteiger partial charge in [0.1, 0.15) is 17.6 Å². The van der Waals surface area contributed by atoms with Gasteiger partial charge in [-0.15, -0.1) is 0 Å². The molecule has 0 aliphatic carbocycles. The molecule has 0 radical (unpaired) electrons. The van der Waals surface area contributed by atoms with E-state index >= 15 is 0 Å². The molecule has 1 unspecified atom stereocenters. The van der Waals surface area contributed by atoms with Crippen LogP contribution in [0.1, 0.15) is 11.1 Å². The lowest BCUT2D eigenvalue weighted by Gasteiger charge is -2.28. The van der Waals surface area contributed by atoms with Gasteiger partial charge >= 0.3 is 0 Å². The maximum atomic E-state index is 9.32. The van der Waals surface area contributed by atoms with Crippen molar-refractivity contribution in [3.63, 3.8) is 0 Å². The first-order valence-electron chi connectivity index (χ1n) is 8.60. The summed E-state index contributed by atoms with van der Waals surface area (Å²) in [5.74, 6) is 1.01. The number of hydrogen-bond acceptors (Lipinski definition) is 6. The molecule has 1 atom stereocenters. The predicted molar refractivity (Wildman–Crippen MR) is 106 cm³/mol. The first-order valence-corrected chi connectivity index (χ1v) is 8.60. The SMILES string of the molecule is ONC1=NC2=NC(c3ccccc3)=CC3=CC(c4ccccc4)=NC(=N1)C32. The molecular formula is C21H15N5O. The lowest BCUT2D eigenvalue weighted by Crippen LogP contribution is -2.36. The van der Waals surface area contributed by atoms with Crippen molar-refractivity contribution in [1.82, 2.24) is 5.48 Å². The van der Waals surface area contributed by atoms with Gasteiger partial charge in [-0.3, -0.25) is 5.21 Å². The number of nitrogens with one attached hydrogen (secondary N) is 1. The van der Waals surface area contributed by atoms with Crippen LogP contribution < -0.4 is 5.48 Å². The molecule has 2 N–H and O–H groups in total. The van der Waals surface area contributed by atoms with Crippen molar-refractivity contribution in [1.29, 1.82) is 0 Å². The molecule has 2 aromatic carbocycles. The highest BCUT2D eigenvalue weighted by molar-refractivity contribution is 6.27. The molecule has 0 fully saturated rings. The molecule has 2 aromatic rings. The molecule has 27 heavy (non-hydrogen) atoms. The summed E-state index contributed by atoms with van der Waals surface area (Å²) in [7, 11) is 0. The number of aliphatic imine (C=N–C) groups is 4. The third kappa shape index (κ3) is 2.72. The number of rotatable bonds is 2. The van der Waals surface area contributed by atoms with Gasteiger partial charge in [-0.05, 0) is 17.7 Å².